The third-order valence-corrected chi connectivity index (χ3v) is 5.98. The number of methoxy groups -OCH3 is 1. The van der Waals surface area contributed by atoms with Crippen molar-refractivity contribution in [2.24, 2.45) is 0 Å². The maximum atomic E-state index is 14.5. The third-order valence-electron chi connectivity index (χ3n) is 4.89. The van der Waals surface area contributed by atoms with E-state index >= 15 is 0 Å². The van der Waals surface area contributed by atoms with Gasteiger partial charge in [0.2, 0.25) is 0 Å². The zero-order valence-corrected chi connectivity index (χ0v) is 18.2. The predicted molar refractivity (Wildman–Crippen MR) is 110 cm³/mol. The van der Waals surface area contributed by atoms with Gasteiger partial charge in [-0.25, -0.2) is 23.6 Å². The van der Waals surface area contributed by atoms with Crippen molar-refractivity contribution < 1.29 is 32.6 Å². The maximum Gasteiger partial charge on any atom is 0.404 e. The van der Waals surface area contributed by atoms with Crippen molar-refractivity contribution in [2.45, 2.75) is 37.9 Å². The lowest BCUT2D eigenvalue weighted by Gasteiger charge is -2.22. The second-order valence-electron chi connectivity index (χ2n) is 7.17. The molecule has 0 amide bonds. The molecule has 1 saturated heterocycles. The van der Waals surface area contributed by atoms with Gasteiger partial charge >= 0.3 is 19.4 Å². The lowest BCUT2D eigenvalue weighted by atomic mass is 10.1. The highest BCUT2D eigenvalue weighted by atomic mass is 31.2. The monoisotopic (exact) mass is 471 g/mol. The number of aromatic nitrogens is 2. The number of carbonyl (C=O) groups excluding carboxylic acids is 1. The van der Waals surface area contributed by atoms with Gasteiger partial charge in [0.1, 0.15) is 24.5 Å². The molecule has 3 N–H and O–H groups in total. The molecule has 0 radical (unpaired) electrons. The Morgan fingerprint density at radius 2 is 2.09 bits per heavy atom. The van der Waals surface area contributed by atoms with Gasteiger partial charge in [-0.05, 0) is 12.5 Å². The Bertz CT molecular complexity index is 1120. The molecule has 0 bridgehead atoms. The van der Waals surface area contributed by atoms with E-state index in [2.05, 4.69) is 14.8 Å². The van der Waals surface area contributed by atoms with Crippen LogP contribution in [0.2, 0.25) is 0 Å². The molecular weight excluding hydrogens is 448 g/mol. The fraction of sp³-hybridized carbons (Fsp3) is 0.421. The molecule has 13 heteroatoms. The quantitative estimate of drug-likeness (QED) is 0.380. The minimum atomic E-state index is -4.59. The summed E-state index contributed by atoms with van der Waals surface area (Å²) in [6.45, 7) is 0.855. The molecule has 0 saturated carbocycles. The third kappa shape index (κ3) is 5.59. The van der Waals surface area contributed by atoms with Crippen molar-refractivity contribution in [3.05, 3.63) is 68.5 Å². The van der Waals surface area contributed by atoms with Crippen LogP contribution in [0.4, 0.5) is 4.39 Å². The Kier molecular flexibility index (Phi) is 7.42. The number of benzene rings is 1. The first-order valence-corrected chi connectivity index (χ1v) is 11.2. The van der Waals surface area contributed by atoms with Crippen molar-refractivity contribution in [3.63, 3.8) is 0 Å². The van der Waals surface area contributed by atoms with Gasteiger partial charge in [-0.2, -0.15) is 0 Å². The summed E-state index contributed by atoms with van der Waals surface area (Å²) >= 11 is 0. The number of nitrogens with zero attached hydrogens (tertiary/aromatic N) is 1. The van der Waals surface area contributed by atoms with Crippen molar-refractivity contribution in [1.29, 1.82) is 0 Å². The molecule has 3 rings (SSSR count). The van der Waals surface area contributed by atoms with Gasteiger partial charge in [-0.3, -0.25) is 18.9 Å². The minimum absolute atomic E-state index is 0.225. The number of aryl methyl sites for hydroxylation is 1. The average molecular weight is 471 g/mol. The predicted octanol–water partition coefficient (Wildman–Crippen LogP) is 1.09. The summed E-state index contributed by atoms with van der Waals surface area (Å²) in [5, 5.41) is 2.21. The van der Waals surface area contributed by atoms with E-state index < -0.39 is 56.1 Å². The SMILES string of the molecule is COC(=O)[C@@H](NP(=O)(O)OC[C@H]1O[C@@H](n2cc(C)c(=O)[nH]c2=O)C[C@@H]1F)c1ccccc1. The molecule has 174 valence electrons. The highest BCUT2D eigenvalue weighted by molar-refractivity contribution is 7.50. The minimum Gasteiger partial charge on any atom is -0.468 e. The first-order chi connectivity index (χ1) is 15.1. The Balaban J connectivity index is 1.67. The normalized spacial score (nSPS) is 23.4. The molecule has 2 heterocycles. The number of esters is 1. The molecule has 1 aliphatic rings. The maximum absolute atomic E-state index is 14.5. The van der Waals surface area contributed by atoms with Gasteiger partial charge < -0.3 is 14.4 Å². The van der Waals surface area contributed by atoms with E-state index in [1.54, 1.807) is 30.3 Å². The zero-order valence-electron chi connectivity index (χ0n) is 17.3. The molecule has 1 fully saturated rings. The summed E-state index contributed by atoms with van der Waals surface area (Å²) < 4.78 is 43.1. The number of H-pyrrole nitrogens is 1. The first-order valence-electron chi connectivity index (χ1n) is 9.61. The smallest absolute Gasteiger partial charge is 0.404 e. The molecule has 0 aliphatic carbocycles. The summed E-state index contributed by atoms with van der Waals surface area (Å²) in [4.78, 5) is 47.8. The molecule has 32 heavy (non-hydrogen) atoms. The number of halogens is 1. The van der Waals surface area contributed by atoms with Crippen LogP contribution in [0, 0.1) is 6.92 Å². The van der Waals surface area contributed by atoms with Crippen LogP contribution >= 0.6 is 7.75 Å². The van der Waals surface area contributed by atoms with E-state index in [-0.39, 0.29) is 12.0 Å². The topological polar surface area (TPSA) is 149 Å². The van der Waals surface area contributed by atoms with Gasteiger partial charge in [0, 0.05) is 18.2 Å². The molecule has 1 aromatic heterocycles. The summed E-state index contributed by atoms with van der Waals surface area (Å²) in [5.74, 6) is -0.817. The lowest BCUT2D eigenvalue weighted by molar-refractivity contribution is -0.143. The van der Waals surface area contributed by atoms with Crippen LogP contribution in [-0.2, 0) is 23.4 Å². The lowest BCUT2D eigenvalue weighted by Crippen LogP contribution is -2.33. The second-order valence-corrected chi connectivity index (χ2v) is 8.73. The fourth-order valence-electron chi connectivity index (χ4n) is 3.21. The molecule has 5 atom stereocenters. The molecule has 2 aromatic rings. The highest BCUT2D eigenvalue weighted by Gasteiger charge is 2.39. The van der Waals surface area contributed by atoms with Gasteiger partial charge in [-0.1, -0.05) is 30.3 Å². The van der Waals surface area contributed by atoms with Crippen LogP contribution in [0.5, 0.6) is 0 Å². The summed E-state index contributed by atoms with van der Waals surface area (Å²) in [7, 11) is -3.46. The standard InChI is InChI=1S/C19H23FN3O8P/c1-11-9-23(19(26)21-17(11)24)15-8-13(20)14(31-15)10-30-32(27,28)22-16(18(25)29-2)12-6-4-3-5-7-12/h3-7,9,13-16H,8,10H2,1-2H3,(H,21,24,26)(H2,22,27,28)/t13-,14+,15+,16-/m0/s1. The van der Waals surface area contributed by atoms with Crippen molar-refractivity contribution in [3.8, 4) is 0 Å². The van der Waals surface area contributed by atoms with Crippen LogP contribution in [0.3, 0.4) is 0 Å². The summed E-state index contributed by atoms with van der Waals surface area (Å²) in [5.41, 5.74) is -0.725. The number of hydrogen-bond donors (Lipinski definition) is 3. The number of nitrogens with one attached hydrogen (secondary N) is 2. The number of rotatable bonds is 8. The first kappa shape index (κ1) is 24.0. The zero-order chi connectivity index (χ0) is 23.5. The number of hydrogen-bond acceptors (Lipinski definition) is 7. The highest BCUT2D eigenvalue weighted by Crippen LogP contribution is 2.42. The largest absolute Gasteiger partial charge is 0.468 e. The van der Waals surface area contributed by atoms with E-state index in [9.17, 15) is 28.2 Å². The van der Waals surface area contributed by atoms with Crippen LogP contribution < -0.4 is 16.3 Å². The van der Waals surface area contributed by atoms with E-state index in [0.717, 1.165) is 11.7 Å². The van der Waals surface area contributed by atoms with Crippen LogP contribution in [0.1, 0.15) is 29.8 Å². The van der Waals surface area contributed by atoms with Gasteiger partial charge in [-0.15, -0.1) is 0 Å². The molecule has 1 unspecified atom stereocenters. The second kappa shape index (κ2) is 9.88. The van der Waals surface area contributed by atoms with E-state index in [4.69, 9.17) is 9.26 Å². The molecule has 1 aromatic carbocycles. The van der Waals surface area contributed by atoms with E-state index in [1.165, 1.54) is 13.1 Å². The average Bonchev–Trinajstić information content (AvgIpc) is 3.13. The molecule has 1 aliphatic heterocycles. The Morgan fingerprint density at radius 3 is 2.75 bits per heavy atom. The number of ether oxygens (including phenoxy) is 2. The molecule has 11 nitrogen and oxygen atoms in total. The summed E-state index contributed by atoms with van der Waals surface area (Å²) in [6.07, 6.45) is -2.86. The van der Waals surface area contributed by atoms with Gasteiger partial charge in [0.25, 0.3) is 5.56 Å². The molecular formula is C19H23FN3O8P. The van der Waals surface area contributed by atoms with Crippen LogP contribution in [0.15, 0.2) is 46.1 Å². The van der Waals surface area contributed by atoms with Crippen molar-refractivity contribution >= 4 is 13.7 Å². The van der Waals surface area contributed by atoms with E-state index in [0.29, 0.717) is 5.56 Å². The summed E-state index contributed by atoms with van der Waals surface area (Å²) in [6, 6.07) is 6.80. The van der Waals surface area contributed by atoms with Crippen LogP contribution in [0.25, 0.3) is 0 Å². The fourth-order valence-corrected chi connectivity index (χ4v) is 4.22. The van der Waals surface area contributed by atoms with E-state index in [1.807, 2.05) is 0 Å². The van der Waals surface area contributed by atoms with Crippen LogP contribution in [-0.4, -0.2) is 46.4 Å². The molecule has 0 spiro atoms. The Morgan fingerprint density at radius 1 is 1.41 bits per heavy atom. The Labute approximate surface area is 181 Å². The number of alkyl halides is 1. The van der Waals surface area contributed by atoms with Gasteiger partial charge in [0.15, 0.2) is 0 Å². The van der Waals surface area contributed by atoms with Crippen molar-refractivity contribution in [2.75, 3.05) is 13.7 Å². The number of aromatic amines is 1. The number of carbonyl (C=O) groups is 1. The van der Waals surface area contributed by atoms with Crippen molar-refractivity contribution in [1.82, 2.24) is 14.6 Å². The Hall–Kier alpha value is -2.63. The van der Waals surface area contributed by atoms with Gasteiger partial charge in [0.05, 0.1) is 13.7 Å².